The molecular weight excluding hydrogens is 276 g/mol. The van der Waals surface area contributed by atoms with E-state index in [1.807, 2.05) is 0 Å². The van der Waals surface area contributed by atoms with Crippen molar-refractivity contribution in [2.45, 2.75) is 13.5 Å². The molecule has 1 aromatic rings. The van der Waals surface area contributed by atoms with Gasteiger partial charge in [0, 0.05) is 26.2 Å². The van der Waals surface area contributed by atoms with E-state index in [1.165, 1.54) is 7.11 Å². The van der Waals surface area contributed by atoms with Gasteiger partial charge in [0.2, 0.25) is 5.76 Å². The minimum atomic E-state index is -0.478. The molecule has 0 aliphatic carbocycles. The molecule has 116 valence electrons. The molecule has 0 N–H and O–H groups in total. The zero-order chi connectivity index (χ0) is 15.2. The maximum Gasteiger partial charge on any atom is 0.409 e. The smallest absolute Gasteiger partial charge is 0.409 e. The minimum Gasteiger partial charge on any atom is -0.463 e. The van der Waals surface area contributed by atoms with Gasteiger partial charge in [-0.05, 0) is 19.1 Å². The highest BCUT2D eigenvalue weighted by Gasteiger charge is 2.22. The lowest BCUT2D eigenvalue weighted by Gasteiger charge is -2.33. The van der Waals surface area contributed by atoms with Crippen molar-refractivity contribution in [2.75, 3.05) is 39.9 Å². The van der Waals surface area contributed by atoms with Crippen LogP contribution in [0.4, 0.5) is 4.79 Å². The van der Waals surface area contributed by atoms with E-state index in [-0.39, 0.29) is 11.9 Å². The maximum atomic E-state index is 11.6. The number of carbonyl (C=O) groups is 2. The number of piperazine rings is 1. The van der Waals surface area contributed by atoms with E-state index >= 15 is 0 Å². The number of esters is 1. The number of hydrogen-bond acceptors (Lipinski definition) is 6. The molecule has 0 radical (unpaired) electrons. The highest BCUT2D eigenvalue weighted by atomic mass is 16.6. The second-order valence-electron chi connectivity index (χ2n) is 4.72. The van der Waals surface area contributed by atoms with Gasteiger partial charge in [-0.3, -0.25) is 4.90 Å². The van der Waals surface area contributed by atoms with Crippen molar-refractivity contribution in [3.8, 4) is 0 Å². The summed E-state index contributed by atoms with van der Waals surface area (Å²) in [7, 11) is 1.32. The number of rotatable bonds is 4. The quantitative estimate of drug-likeness (QED) is 0.781. The van der Waals surface area contributed by atoms with Crippen molar-refractivity contribution in [2.24, 2.45) is 0 Å². The first-order valence-electron chi connectivity index (χ1n) is 6.95. The Morgan fingerprint density at radius 3 is 2.57 bits per heavy atom. The van der Waals surface area contributed by atoms with Crippen molar-refractivity contribution in [1.82, 2.24) is 9.80 Å². The number of hydrogen-bond donors (Lipinski definition) is 0. The van der Waals surface area contributed by atoms with E-state index < -0.39 is 5.97 Å². The Bertz CT molecular complexity index is 491. The molecule has 1 fully saturated rings. The Labute approximate surface area is 123 Å². The SMILES string of the molecule is CCOC(=O)N1CCN(Cc2ccc(C(=O)OC)o2)CC1. The van der Waals surface area contributed by atoms with Gasteiger partial charge in [0.1, 0.15) is 5.76 Å². The molecule has 0 saturated carbocycles. The molecule has 1 aromatic heterocycles. The van der Waals surface area contributed by atoms with Crippen LogP contribution in [-0.4, -0.2) is 61.8 Å². The molecule has 1 aliphatic rings. The molecule has 0 spiro atoms. The highest BCUT2D eigenvalue weighted by molar-refractivity contribution is 5.86. The largest absolute Gasteiger partial charge is 0.463 e. The molecule has 7 heteroatoms. The summed E-state index contributed by atoms with van der Waals surface area (Å²) < 4.78 is 15.0. The molecule has 21 heavy (non-hydrogen) atoms. The summed E-state index contributed by atoms with van der Waals surface area (Å²) in [5.74, 6) is 0.436. The van der Waals surface area contributed by atoms with Gasteiger partial charge in [-0.15, -0.1) is 0 Å². The first-order valence-corrected chi connectivity index (χ1v) is 6.95. The van der Waals surface area contributed by atoms with Crippen LogP contribution in [0.3, 0.4) is 0 Å². The van der Waals surface area contributed by atoms with Crippen LogP contribution in [0.25, 0.3) is 0 Å². The number of methoxy groups -OCH3 is 1. The van der Waals surface area contributed by atoms with Crippen LogP contribution in [0.2, 0.25) is 0 Å². The first kappa shape index (κ1) is 15.4. The first-order chi connectivity index (χ1) is 10.1. The molecule has 0 aromatic carbocycles. The predicted octanol–water partition coefficient (Wildman–Crippen LogP) is 1.34. The van der Waals surface area contributed by atoms with Gasteiger partial charge in [-0.1, -0.05) is 0 Å². The van der Waals surface area contributed by atoms with Crippen LogP contribution >= 0.6 is 0 Å². The number of amides is 1. The second kappa shape index (κ2) is 7.12. The van der Waals surface area contributed by atoms with Gasteiger partial charge in [0.05, 0.1) is 20.3 Å². The third kappa shape index (κ3) is 3.98. The third-order valence-electron chi connectivity index (χ3n) is 3.33. The summed E-state index contributed by atoms with van der Waals surface area (Å²) in [5, 5.41) is 0. The number of nitrogens with zero attached hydrogens (tertiary/aromatic N) is 2. The van der Waals surface area contributed by atoms with E-state index in [0.717, 1.165) is 13.1 Å². The fraction of sp³-hybridized carbons (Fsp3) is 0.571. The fourth-order valence-corrected chi connectivity index (χ4v) is 2.20. The molecule has 0 unspecified atom stereocenters. The van der Waals surface area contributed by atoms with Gasteiger partial charge in [-0.2, -0.15) is 0 Å². The average Bonchev–Trinajstić information content (AvgIpc) is 2.96. The van der Waals surface area contributed by atoms with Gasteiger partial charge in [0.15, 0.2) is 0 Å². The number of furan rings is 1. The molecular formula is C14H20N2O5. The van der Waals surface area contributed by atoms with E-state index in [4.69, 9.17) is 9.15 Å². The van der Waals surface area contributed by atoms with E-state index in [1.54, 1.807) is 24.0 Å². The van der Waals surface area contributed by atoms with Crippen LogP contribution in [0.15, 0.2) is 16.5 Å². The lowest BCUT2D eigenvalue weighted by Crippen LogP contribution is -2.48. The Morgan fingerprint density at radius 1 is 1.24 bits per heavy atom. The Balaban J connectivity index is 1.82. The van der Waals surface area contributed by atoms with Crippen LogP contribution in [0.1, 0.15) is 23.2 Å². The van der Waals surface area contributed by atoms with Gasteiger partial charge >= 0.3 is 12.1 Å². The summed E-state index contributed by atoms with van der Waals surface area (Å²) in [4.78, 5) is 26.8. The zero-order valence-corrected chi connectivity index (χ0v) is 12.3. The maximum absolute atomic E-state index is 11.6. The van der Waals surface area contributed by atoms with Gasteiger partial charge in [0.25, 0.3) is 0 Å². The van der Waals surface area contributed by atoms with E-state index in [2.05, 4.69) is 9.64 Å². The van der Waals surface area contributed by atoms with Crippen molar-refractivity contribution < 1.29 is 23.5 Å². The second-order valence-corrected chi connectivity index (χ2v) is 4.72. The fourth-order valence-electron chi connectivity index (χ4n) is 2.20. The van der Waals surface area contributed by atoms with E-state index in [9.17, 15) is 9.59 Å². The molecule has 2 heterocycles. The summed E-state index contributed by atoms with van der Waals surface area (Å²) in [6.07, 6.45) is -0.261. The molecule has 1 amide bonds. The van der Waals surface area contributed by atoms with Gasteiger partial charge in [-0.25, -0.2) is 9.59 Å². The van der Waals surface area contributed by atoms with E-state index in [0.29, 0.717) is 32.0 Å². The molecule has 0 bridgehead atoms. The standard InChI is InChI=1S/C14H20N2O5/c1-3-20-14(18)16-8-6-15(7-9-16)10-11-4-5-12(21-11)13(17)19-2/h4-5H,3,6-10H2,1-2H3. The molecule has 2 rings (SSSR count). The normalized spacial score (nSPS) is 15.8. The van der Waals surface area contributed by atoms with Crippen LogP contribution in [0.5, 0.6) is 0 Å². The molecule has 7 nitrogen and oxygen atoms in total. The lowest BCUT2D eigenvalue weighted by molar-refractivity contribution is 0.0555. The number of carbonyl (C=O) groups excluding carboxylic acids is 2. The lowest BCUT2D eigenvalue weighted by atomic mass is 10.3. The monoisotopic (exact) mass is 296 g/mol. The van der Waals surface area contributed by atoms with Crippen molar-refractivity contribution in [1.29, 1.82) is 0 Å². The third-order valence-corrected chi connectivity index (χ3v) is 3.33. The Morgan fingerprint density at radius 2 is 1.95 bits per heavy atom. The van der Waals surface area contributed by atoms with Gasteiger partial charge < -0.3 is 18.8 Å². The topological polar surface area (TPSA) is 72.2 Å². The number of ether oxygens (including phenoxy) is 2. The zero-order valence-electron chi connectivity index (χ0n) is 12.3. The van der Waals surface area contributed by atoms with Crippen molar-refractivity contribution >= 4 is 12.1 Å². The summed E-state index contributed by atoms with van der Waals surface area (Å²) in [5.41, 5.74) is 0. The summed E-state index contributed by atoms with van der Waals surface area (Å²) in [6, 6.07) is 3.38. The van der Waals surface area contributed by atoms with Crippen molar-refractivity contribution in [3.05, 3.63) is 23.7 Å². The molecule has 1 aliphatic heterocycles. The van der Waals surface area contributed by atoms with Crippen LogP contribution < -0.4 is 0 Å². The summed E-state index contributed by atoms with van der Waals surface area (Å²) >= 11 is 0. The summed E-state index contributed by atoms with van der Waals surface area (Å²) in [6.45, 7) is 5.53. The van der Waals surface area contributed by atoms with Crippen LogP contribution in [-0.2, 0) is 16.0 Å². The molecule has 1 saturated heterocycles. The highest BCUT2D eigenvalue weighted by Crippen LogP contribution is 2.13. The van der Waals surface area contributed by atoms with Crippen molar-refractivity contribution in [3.63, 3.8) is 0 Å². The van der Waals surface area contributed by atoms with Crippen LogP contribution in [0, 0.1) is 0 Å². The average molecular weight is 296 g/mol. The minimum absolute atomic E-state index is 0.206. The Hall–Kier alpha value is -2.02. The predicted molar refractivity (Wildman–Crippen MR) is 73.9 cm³/mol. The Kier molecular flexibility index (Phi) is 5.21. The molecule has 0 atom stereocenters.